The first kappa shape index (κ1) is 44.1. The van der Waals surface area contributed by atoms with Gasteiger partial charge in [0.2, 0.25) is 5.91 Å². The Kier molecular flexibility index (Phi) is 35.2. The predicted molar refractivity (Wildman–Crippen MR) is 195 cm³/mol. The summed E-state index contributed by atoms with van der Waals surface area (Å²) in [5, 5.41) is 33.1. The number of aliphatic hydroxyl groups excluding tert-OH is 3. The Morgan fingerprint density at radius 3 is 1.33 bits per heavy atom. The van der Waals surface area contributed by atoms with Gasteiger partial charge in [-0.05, 0) is 32.1 Å². The minimum atomic E-state index is -0.749. The SMILES string of the molecule is CCCC/C=C\CCCCC(O)CC(=O)NC(CO)C(O)CCCCCCCCCCCCCCCCCCCCCCCC. The quantitative estimate of drug-likeness (QED) is 0.0406. The maximum absolute atomic E-state index is 12.3. The molecule has 0 aliphatic heterocycles. The topological polar surface area (TPSA) is 89.8 Å². The van der Waals surface area contributed by atoms with Crippen LogP contribution < -0.4 is 5.32 Å². The number of nitrogens with one attached hydrogen (secondary N) is 1. The summed E-state index contributed by atoms with van der Waals surface area (Å²) in [6.45, 7) is 4.20. The fourth-order valence-electron chi connectivity index (χ4n) is 6.21. The molecule has 5 heteroatoms. The number of carbonyl (C=O) groups excluding carboxylic acids is 1. The van der Waals surface area contributed by atoms with Gasteiger partial charge < -0.3 is 20.6 Å². The molecule has 45 heavy (non-hydrogen) atoms. The Hall–Kier alpha value is -0.910. The molecule has 0 aromatic carbocycles. The standard InChI is InChI=1S/C40H79NO4/c1-3-5-7-9-11-13-14-15-16-17-18-19-20-21-22-23-24-25-26-28-30-32-34-39(44)38(36-42)41-40(45)35-37(43)33-31-29-27-12-10-8-6-4-2/h10,12,37-39,42-44H,3-9,11,13-36H2,1-2H3,(H,41,45)/b12-10-. The van der Waals surface area contributed by atoms with E-state index in [1.807, 2.05) is 0 Å². The molecule has 5 nitrogen and oxygen atoms in total. The molecule has 4 N–H and O–H groups in total. The summed E-state index contributed by atoms with van der Waals surface area (Å²) in [5.41, 5.74) is 0. The van der Waals surface area contributed by atoms with Crippen LogP contribution in [0.15, 0.2) is 12.2 Å². The van der Waals surface area contributed by atoms with E-state index in [9.17, 15) is 20.1 Å². The largest absolute Gasteiger partial charge is 0.394 e. The molecule has 3 unspecified atom stereocenters. The van der Waals surface area contributed by atoms with Crippen LogP contribution in [-0.4, -0.2) is 46.1 Å². The summed E-state index contributed by atoms with van der Waals surface area (Å²) in [7, 11) is 0. The smallest absolute Gasteiger partial charge is 0.222 e. The van der Waals surface area contributed by atoms with Crippen molar-refractivity contribution < 1.29 is 20.1 Å². The highest BCUT2D eigenvalue weighted by Crippen LogP contribution is 2.16. The van der Waals surface area contributed by atoms with Gasteiger partial charge in [-0.25, -0.2) is 0 Å². The molecule has 3 atom stereocenters. The second-order valence-electron chi connectivity index (χ2n) is 13.9. The number of rotatable bonds is 36. The third-order valence-corrected chi connectivity index (χ3v) is 9.33. The van der Waals surface area contributed by atoms with Gasteiger partial charge in [-0.3, -0.25) is 4.79 Å². The summed E-state index contributed by atoms with van der Waals surface area (Å²) in [5.74, 6) is -0.297. The monoisotopic (exact) mass is 638 g/mol. The third kappa shape index (κ3) is 32.8. The second kappa shape index (κ2) is 35.9. The highest BCUT2D eigenvalue weighted by molar-refractivity contribution is 5.76. The maximum Gasteiger partial charge on any atom is 0.222 e. The molecule has 0 saturated heterocycles. The van der Waals surface area contributed by atoms with E-state index in [2.05, 4.69) is 31.3 Å². The third-order valence-electron chi connectivity index (χ3n) is 9.33. The molecule has 0 aromatic heterocycles. The van der Waals surface area contributed by atoms with Crippen molar-refractivity contribution in [2.24, 2.45) is 0 Å². The highest BCUT2D eigenvalue weighted by Gasteiger charge is 2.21. The van der Waals surface area contributed by atoms with Gasteiger partial charge in [-0.15, -0.1) is 0 Å². The van der Waals surface area contributed by atoms with Crippen LogP contribution in [0.3, 0.4) is 0 Å². The van der Waals surface area contributed by atoms with E-state index in [0.717, 1.165) is 38.5 Å². The average molecular weight is 638 g/mol. The van der Waals surface area contributed by atoms with Crippen LogP contribution in [0.5, 0.6) is 0 Å². The van der Waals surface area contributed by atoms with Gasteiger partial charge >= 0.3 is 0 Å². The van der Waals surface area contributed by atoms with Crippen LogP contribution in [0.2, 0.25) is 0 Å². The molecular formula is C40H79NO4. The first-order chi connectivity index (χ1) is 22.0. The molecule has 0 radical (unpaired) electrons. The van der Waals surface area contributed by atoms with Crippen LogP contribution in [0.4, 0.5) is 0 Å². The Morgan fingerprint density at radius 2 is 0.911 bits per heavy atom. The zero-order chi connectivity index (χ0) is 33.1. The Bertz CT molecular complexity index is 625. The van der Waals surface area contributed by atoms with E-state index < -0.39 is 18.2 Å². The molecule has 0 aliphatic rings. The summed E-state index contributed by atoms with van der Waals surface area (Å²) >= 11 is 0. The normalized spacial score (nSPS) is 13.8. The van der Waals surface area contributed by atoms with Gasteiger partial charge in [0, 0.05) is 0 Å². The molecule has 0 aliphatic carbocycles. The maximum atomic E-state index is 12.3. The molecule has 0 aromatic rings. The molecule has 1 amide bonds. The molecule has 0 bridgehead atoms. The van der Waals surface area contributed by atoms with Gasteiger partial charge in [-0.2, -0.15) is 0 Å². The zero-order valence-corrected chi connectivity index (χ0v) is 30.3. The van der Waals surface area contributed by atoms with E-state index in [4.69, 9.17) is 0 Å². The molecule has 0 rings (SSSR count). The van der Waals surface area contributed by atoms with Crippen LogP contribution in [-0.2, 0) is 4.79 Å². The van der Waals surface area contributed by atoms with E-state index >= 15 is 0 Å². The molecular weight excluding hydrogens is 558 g/mol. The van der Waals surface area contributed by atoms with Crippen molar-refractivity contribution in [1.29, 1.82) is 0 Å². The van der Waals surface area contributed by atoms with Crippen LogP contribution >= 0.6 is 0 Å². The fourth-order valence-corrected chi connectivity index (χ4v) is 6.21. The van der Waals surface area contributed by atoms with E-state index in [1.165, 1.54) is 141 Å². The lowest BCUT2D eigenvalue weighted by Crippen LogP contribution is -2.46. The lowest BCUT2D eigenvalue weighted by Gasteiger charge is -2.23. The Labute approximate surface area is 280 Å². The first-order valence-corrected chi connectivity index (χ1v) is 20.0. The molecule has 0 saturated carbocycles. The van der Waals surface area contributed by atoms with Crippen molar-refractivity contribution in [2.45, 2.75) is 231 Å². The van der Waals surface area contributed by atoms with E-state index in [-0.39, 0.29) is 18.9 Å². The number of unbranched alkanes of at least 4 members (excludes halogenated alkanes) is 25. The summed E-state index contributed by atoms with van der Waals surface area (Å²) < 4.78 is 0. The first-order valence-electron chi connectivity index (χ1n) is 20.0. The van der Waals surface area contributed by atoms with E-state index in [1.54, 1.807) is 0 Å². The number of hydrogen-bond acceptors (Lipinski definition) is 4. The number of aliphatic hydroxyl groups is 3. The lowest BCUT2D eigenvalue weighted by atomic mass is 10.0. The number of hydrogen-bond donors (Lipinski definition) is 4. The van der Waals surface area contributed by atoms with E-state index in [0.29, 0.717) is 12.8 Å². The Morgan fingerprint density at radius 1 is 0.533 bits per heavy atom. The van der Waals surface area contributed by atoms with Gasteiger partial charge in [0.05, 0.1) is 31.3 Å². The summed E-state index contributed by atoms with van der Waals surface area (Å²) in [6.07, 6.45) is 40.5. The molecule has 0 spiro atoms. The van der Waals surface area contributed by atoms with Gasteiger partial charge in [0.25, 0.3) is 0 Å². The molecule has 268 valence electrons. The van der Waals surface area contributed by atoms with Crippen LogP contribution in [0, 0.1) is 0 Å². The van der Waals surface area contributed by atoms with Crippen molar-refractivity contribution in [3.63, 3.8) is 0 Å². The Balaban J connectivity index is 3.55. The van der Waals surface area contributed by atoms with Crippen LogP contribution in [0.1, 0.15) is 213 Å². The van der Waals surface area contributed by atoms with Gasteiger partial charge in [0.1, 0.15) is 0 Å². The molecule has 0 fully saturated rings. The average Bonchev–Trinajstić information content (AvgIpc) is 3.03. The van der Waals surface area contributed by atoms with Crippen LogP contribution in [0.25, 0.3) is 0 Å². The number of carbonyl (C=O) groups is 1. The molecule has 0 heterocycles. The summed E-state index contributed by atoms with van der Waals surface area (Å²) in [4.78, 5) is 12.3. The minimum absolute atomic E-state index is 0.0228. The number of allylic oxidation sites excluding steroid dienone is 2. The minimum Gasteiger partial charge on any atom is -0.394 e. The lowest BCUT2D eigenvalue weighted by molar-refractivity contribution is -0.125. The van der Waals surface area contributed by atoms with Crippen molar-refractivity contribution in [2.75, 3.05) is 6.61 Å². The van der Waals surface area contributed by atoms with Crippen molar-refractivity contribution in [1.82, 2.24) is 5.32 Å². The fraction of sp³-hybridized carbons (Fsp3) is 0.925. The zero-order valence-electron chi connectivity index (χ0n) is 30.3. The second-order valence-corrected chi connectivity index (χ2v) is 13.9. The predicted octanol–water partition coefficient (Wildman–Crippen LogP) is 10.9. The highest BCUT2D eigenvalue weighted by atomic mass is 16.3. The number of amides is 1. The van der Waals surface area contributed by atoms with Gasteiger partial charge in [-0.1, -0.05) is 187 Å². The van der Waals surface area contributed by atoms with Gasteiger partial charge in [0.15, 0.2) is 0 Å². The van der Waals surface area contributed by atoms with Crippen molar-refractivity contribution in [3.05, 3.63) is 12.2 Å². The summed E-state index contributed by atoms with van der Waals surface area (Å²) in [6, 6.07) is -0.659. The van der Waals surface area contributed by atoms with Crippen molar-refractivity contribution >= 4 is 5.91 Å². The van der Waals surface area contributed by atoms with Crippen molar-refractivity contribution in [3.8, 4) is 0 Å².